The number of carbonyl (C=O) groups excluding carboxylic acids is 1. The molecule has 1 aromatic carbocycles. The third kappa shape index (κ3) is 2.58. The summed E-state index contributed by atoms with van der Waals surface area (Å²) < 4.78 is 5.58. The third-order valence-corrected chi connectivity index (χ3v) is 3.53. The zero-order valence-electron chi connectivity index (χ0n) is 11.7. The van der Waals surface area contributed by atoms with Gasteiger partial charge in [0.2, 0.25) is 11.9 Å². The fraction of sp³-hybridized carbons (Fsp3) is 0.429. The summed E-state index contributed by atoms with van der Waals surface area (Å²) in [5.41, 5.74) is 1.90. The molecule has 1 aromatic heterocycles. The van der Waals surface area contributed by atoms with E-state index in [1.54, 1.807) is 18.2 Å². The monoisotopic (exact) mass is 289 g/mol. The van der Waals surface area contributed by atoms with E-state index in [9.17, 15) is 14.9 Å². The van der Waals surface area contributed by atoms with E-state index < -0.39 is 16.9 Å². The Balaban J connectivity index is 1.75. The number of rotatable bonds is 4. The third-order valence-electron chi connectivity index (χ3n) is 3.53. The molecule has 3 rings (SSSR count). The quantitative estimate of drug-likeness (QED) is 0.689. The van der Waals surface area contributed by atoms with Gasteiger partial charge >= 0.3 is 0 Å². The molecule has 2 unspecified atom stereocenters. The summed E-state index contributed by atoms with van der Waals surface area (Å²) in [5.74, 6) is -0.0188. The van der Waals surface area contributed by atoms with Crippen molar-refractivity contribution < 1.29 is 14.1 Å². The van der Waals surface area contributed by atoms with Crippen LogP contribution in [-0.2, 0) is 4.79 Å². The number of amides is 1. The number of benzene rings is 1. The second-order valence-corrected chi connectivity index (χ2v) is 5.57. The zero-order valence-corrected chi connectivity index (χ0v) is 11.7. The molecule has 2 aromatic rings. The molecular weight excluding hydrogens is 274 g/mol. The maximum absolute atomic E-state index is 11.9. The van der Waals surface area contributed by atoms with Gasteiger partial charge in [-0.2, -0.15) is 0 Å². The molecule has 0 radical (unpaired) electrons. The van der Waals surface area contributed by atoms with E-state index in [0.29, 0.717) is 29.1 Å². The van der Waals surface area contributed by atoms with Crippen molar-refractivity contribution in [2.45, 2.75) is 32.2 Å². The van der Waals surface area contributed by atoms with Crippen LogP contribution in [0.1, 0.15) is 32.1 Å². The lowest BCUT2D eigenvalue weighted by Crippen LogP contribution is -2.18. The van der Waals surface area contributed by atoms with Crippen molar-refractivity contribution in [1.82, 2.24) is 4.98 Å². The van der Waals surface area contributed by atoms with Crippen LogP contribution in [0.15, 0.2) is 22.6 Å². The summed E-state index contributed by atoms with van der Waals surface area (Å²) in [6.45, 7) is 3.97. The average molecular weight is 289 g/mol. The van der Waals surface area contributed by atoms with E-state index in [-0.39, 0.29) is 11.8 Å². The minimum Gasteiger partial charge on any atom is -0.440 e. The SMILES string of the molecule is CC(C)c1nc2cc(NC(=O)C3CC3[N+](=O)[O-])ccc2o1. The van der Waals surface area contributed by atoms with Gasteiger partial charge in [-0.3, -0.25) is 14.9 Å². The molecule has 110 valence electrons. The number of nitro groups is 1. The molecule has 0 saturated heterocycles. The molecule has 7 heteroatoms. The van der Waals surface area contributed by atoms with Gasteiger partial charge < -0.3 is 9.73 Å². The number of nitrogens with one attached hydrogen (secondary N) is 1. The number of carbonyl (C=O) groups is 1. The molecule has 0 spiro atoms. The van der Waals surface area contributed by atoms with Crippen LogP contribution in [0.2, 0.25) is 0 Å². The smallest absolute Gasteiger partial charge is 0.234 e. The van der Waals surface area contributed by atoms with Crippen LogP contribution < -0.4 is 5.32 Å². The first-order valence-electron chi connectivity index (χ1n) is 6.80. The molecule has 1 heterocycles. The van der Waals surface area contributed by atoms with Gasteiger partial charge in [0.1, 0.15) is 11.4 Å². The molecule has 0 aliphatic heterocycles. The summed E-state index contributed by atoms with van der Waals surface area (Å²) in [6.07, 6.45) is 0.308. The Morgan fingerprint density at radius 1 is 1.52 bits per heavy atom. The van der Waals surface area contributed by atoms with Crippen molar-refractivity contribution in [3.05, 3.63) is 34.2 Å². The van der Waals surface area contributed by atoms with Crippen LogP contribution in [0, 0.1) is 16.0 Å². The van der Waals surface area contributed by atoms with Crippen molar-refractivity contribution in [2.24, 2.45) is 5.92 Å². The number of nitrogens with zero attached hydrogens (tertiary/aromatic N) is 2. The van der Waals surface area contributed by atoms with Crippen LogP contribution in [0.3, 0.4) is 0 Å². The Labute approximate surface area is 120 Å². The summed E-state index contributed by atoms with van der Waals surface area (Å²) in [5, 5.41) is 13.3. The first-order valence-corrected chi connectivity index (χ1v) is 6.80. The van der Waals surface area contributed by atoms with Gasteiger partial charge in [-0.15, -0.1) is 0 Å². The molecular formula is C14H15N3O4. The van der Waals surface area contributed by atoms with Crippen LogP contribution in [-0.4, -0.2) is 21.9 Å². The van der Waals surface area contributed by atoms with Crippen LogP contribution in [0.5, 0.6) is 0 Å². The number of fused-ring (bicyclic) bond motifs is 1. The van der Waals surface area contributed by atoms with Crippen LogP contribution in [0.4, 0.5) is 5.69 Å². The van der Waals surface area contributed by atoms with E-state index in [1.807, 2.05) is 13.8 Å². The molecule has 1 fully saturated rings. The van der Waals surface area contributed by atoms with Gasteiger partial charge in [0.15, 0.2) is 11.5 Å². The number of oxazole rings is 1. The maximum atomic E-state index is 11.9. The normalized spacial score (nSPS) is 20.7. The number of anilines is 1. The lowest BCUT2D eigenvalue weighted by atomic mass is 10.2. The van der Waals surface area contributed by atoms with E-state index in [0.717, 1.165) is 0 Å². The molecule has 7 nitrogen and oxygen atoms in total. The molecule has 21 heavy (non-hydrogen) atoms. The first-order chi connectivity index (χ1) is 9.95. The van der Waals surface area contributed by atoms with E-state index in [2.05, 4.69) is 10.3 Å². The van der Waals surface area contributed by atoms with Gasteiger partial charge in [-0.25, -0.2) is 4.98 Å². The highest BCUT2D eigenvalue weighted by Crippen LogP contribution is 2.34. The Morgan fingerprint density at radius 3 is 2.90 bits per heavy atom. The molecule has 1 aliphatic rings. The van der Waals surface area contributed by atoms with Gasteiger partial charge in [0.25, 0.3) is 0 Å². The standard InChI is InChI=1S/C14H15N3O4/c1-7(2)14-16-10-5-8(3-4-12(10)21-14)15-13(18)9-6-11(9)17(19)20/h3-5,7,9,11H,6H2,1-2H3,(H,15,18). The Bertz CT molecular complexity index is 722. The van der Waals surface area contributed by atoms with Gasteiger partial charge in [0.05, 0.1) is 0 Å². The molecule has 1 saturated carbocycles. The summed E-state index contributed by atoms with van der Waals surface area (Å²) in [7, 11) is 0. The lowest BCUT2D eigenvalue weighted by Gasteiger charge is -2.02. The van der Waals surface area contributed by atoms with Crippen molar-refractivity contribution in [3.8, 4) is 0 Å². The van der Waals surface area contributed by atoms with Crippen molar-refractivity contribution >= 4 is 22.7 Å². The predicted molar refractivity (Wildman–Crippen MR) is 75.6 cm³/mol. The summed E-state index contributed by atoms with van der Waals surface area (Å²) >= 11 is 0. The molecule has 1 amide bonds. The molecule has 0 bridgehead atoms. The van der Waals surface area contributed by atoms with E-state index >= 15 is 0 Å². The zero-order chi connectivity index (χ0) is 15.1. The van der Waals surface area contributed by atoms with Crippen molar-refractivity contribution in [3.63, 3.8) is 0 Å². The Morgan fingerprint density at radius 2 is 2.29 bits per heavy atom. The highest BCUT2D eigenvalue weighted by molar-refractivity contribution is 5.96. The van der Waals surface area contributed by atoms with Crippen molar-refractivity contribution in [2.75, 3.05) is 5.32 Å². The second-order valence-electron chi connectivity index (χ2n) is 5.57. The number of hydrogen-bond acceptors (Lipinski definition) is 5. The average Bonchev–Trinajstić information content (AvgIpc) is 3.12. The largest absolute Gasteiger partial charge is 0.440 e. The molecule has 2 atom stereocenters. The second kappa shape index (κ2) is 4.83. The molecule has 1 N–H and O–H groups in total. The number of hydrogen-bond donors (Lipinski definition) is 1. The fourth-order valence-electron chi connectivity index (χ4n) is 2.20. The van der Waals surface area contributed by atoms with Gasteiger partial charge in [-0.1, -0.05) is 13.8 Å². The highest BCUT2D eigenvalue weighted by Gasteiger charge is 2.53. The summed E-state index contributed by atoms with van der Waals surface area (Å²) in [6, 6.07) is 4.42. The topological polar surface area (TPSA) is 98.3 Å². The van der Waals surface area contributed by atoms with Crippen molar-refractivity contribution in [1.29, 1.82) is 0 Å². The van der Waals surface area contributed by atoms with E-state index in [4.69, 9.17) is 4.42 Å². The predicted octanol–water partition coefficient (Wildman–Crippen LogP) is 2.55. The van der Waals surface area contributed by atoms with Gasteiger partial charge in [-0.05, 0) is 18.2 Å². The van der Waals surface area contributed by atoms with Crippen LogP contribution in [0.25, 0.3) is 11.1 Å². The highest BCUT2D eigenvalue weighted by atomic mass is 16.6. The first kappa shape index (κ1) is 13.5. The Hall–Kier alpha value is -2.44. The van der Waals surface area contributed by atoms with E-state index in [1.165, 1.54) is 0 Å². The minimum atomic E-state index is -0.742. The lowest BCUT2D eigenvalue weighted by molar-refractivity contribution is -0.497. The number of aromatic nitrogens is 1. The Kier molecular flexibility index (Phi) is 3.12. The summed E-state index contributed by atoms with van der Waals surface area (Å²) in [4.78, 5) is 26.4. The van der Waals surface area contributed by atoms with Gasteiger partial charge in [0, 0.05) is 22.9 Å². The fourth-order valence-corrected chi connectivity index (χ4v) is 2.20. The molecule has 1 aliphatic carbocycles. The van der Waals surface area contributed by atoms with Crippen LogP contribution >= 0.6 is 0 Å². The maximum Gasteiger partial charge on any atom is 0.234 e. The minimum absolute atomic E-state index is 0.183.